The second-order valence-corrected chi connectivity index (χ2v) is 22.9. The molecule has 27 nitrogen and oxygen atoms in total. The van der Waals surface area contributed by atoms with Crippen LogP contribution in [0, 0.1) is 23.7 Å². The largest absolute Gasteiger partial charge is 0.460 e. The topological polar surface area (TPSA) is 422 Å². The molecule has 30 atom stereocenters. The van der Waals surface area contributed by atoms with Crippen molar-refractivity contribution in [2.24, 2.45) is 23.7 Å². The molecule has 4 heterocycles. The molecule has 0 amide bonds. The Bertz CT molecular complexity index is 2020. The number of esters is 2. The van der Waals surface area contributed by atoms with Gasteiger partial charge in [0.15, 0.2) is 31.1 Å². The molecule has 0 spiro atoms. The zero-order chi connectivity index (χ0) is 57.7. The first-order chi connectivity index (χ1) is 38.2. The highest BCUT2D eigenvalue weighted by Crippen LogP contribution is 2.45. The maximum atomic E-state index is 13.2. The van der Waals surface area contributed by atoms with Gasteiger partial charge in [0.25, 0.3) is 0 Å². The zero-order valence-electron chi connectivity index (χ0n) is 44.8. The molecule has 80 heavy (non-hydrogen) atoms. The average molecular weight is 1150 g/mol. The summed E-state index contributed by atoms with van der Waals surface area (Å²) in [7, 11) is 2.95. The van der Waals surface area contributed by atoms with E-state index in [4.69, 9.17) is 52.1 Å². The van der Waals surface area contributed by atoms with Crippen molar-refractivity contribution in [1.82, 2.24) is 0 Å². The molecule has 458 valence electrons. The van der Waals surface area contributed by atoms with Gasteiger partial charge >= 0.3 is 11.9 Å². The molecule has 15 N–H and O–H groups in total. The highest BCUT2D eigenvalue weighted by Gasteiger charge is 2.58. The third kappa shape index (κ3) is 15.1. The number of aliphatic hydroxyl groups excluding tert-OH is 14. The third-order valence-corrected chi connectivity index (χ3v) is 17.6. The van der Waals surface area contributed by atoms with Crippen LogP contribution < -0.4 is 0 Å². The number of hydrogen-bond acceptors (Lipinski definition) is 26. The van der Waals surface area contributed by atoms with Crippen LogP contribution in [0.3, 0.4) is 0 Å². The fourth-order valence-electron chi connectivity index (χ4n) is 12.8. The minimum absolute atomic E-state index is 0.0217. The Labute approximate surface area is 462 Å². The van der Waals surface area contributed by atoms with Gasteiger partial charge in [-0.15, -0.1) is 0 Å². The summed E-state index contributed by atoms with van der Waals surface area (Å²) in [4.78, 5) is 26.1. The molecular formula is C53H85O27+. The van der Waals surface area contributed by atoms with Gasteiger partial charge in [0, 0.05) is 45.1 Å². The minimum Gasteiger partial charge on any atom is -0.460 e. The summed E-state index contributed by atoms with van der Waals surface area (Å²) in [5, 5.41) is 152. The first-order valence-corrected chi connectivity index (χ1v) is 28.0. The Balaban J connectivity index is 1.05. The van der Waals surface area contributed by atoms with Crippen LogP contribution in [0.4, 0.5) is 0 Å². The highest BCUT2D eigenvalue weighted by molar-refractivity contribution is 5.82. The molecule has 8 rings (SSSR count). The SMILES string of the molecule is COC1CC(C=CC(=O)OCC2OC(OC3CC4C(OC5OC(CO)C(O)C(O)C5O)CC(O)CC4[OH+]C3C3CCC(O)C(OC)C3)C(OC3OC(COC(=O)C=CC4CCC(O)C(O)C4)C(O)C(O)C3O)C(O)C2O)CCC1O. The summed E-state index contributed by atoms with van der Waals surface area (Å²) in [5.74, 6) is -3.08. The normalized spacial score (nSPS) is 48.6. The highest BCUT2D eigenvalue weighted by atomic mass is 16.8. The second kappa shape index (κ2) is 28.6. The van der Waals surface area contributed by atoms with E-state index >= 15 is 0 Å². The van der Waals surface area contributed by atoms with Gasteiger partial charge in [-0.1, -0.05) is 12.2 Å². The Kier molecular flexibility index (Phi) is 22.7. The number of carbonyl (C=O) groups is 2. The molecule has 4 saturated carbocycles. The number of rotatable bonds is 18. The van der Waals surface area contributed by atoms with E-state index in [1.54, 1.807) is 6.08 Å². The number of hydrogen-bond donors (Lipinski definition) is 14. The minimum atomic E-state index is -2.04. The van der Waals surface area contributed by atoms with E-state index < -0.39 is 197 Å². The molecule has 0 aromatic rings. The van der Waals surface area contributed by atoms with Gasteiger partial charge in [-0.3, -0.25) is 0 Å². The van der Waals surface area contributed by atoms with Crippen LogP contribution in [0.1, 0.15) is 77.0 Å². The van der Waals surface area contributed by atoms with Crippen LogP contribution in [0.5, 0.6) is 0 Å². The summed E-state index contributed by atoms with van der Waals surface area (Å²) in [6.07, 6.45) is -26.2. The molecule has 4 aliphatic carbocycles. The molecule has 0 radical (unpaired) electrons. The van der Waals surface area contributed by atoms with Crippen LogP contribution in [0.25, 0.3) is 0 Å². The number of methoxy groups -OCH3 is 2. The van der Waals surface area contributed by atoms with E-state index in [0.717, 1.165) is 6.08 Å². The molecule has 27 heteroatoms. The van der Waals surface area contributed by atoms with Crippen molar-refractivity contribution in [3.63, 3.8) is 0 Å². The molecule has 30 unspecified atom stereocenters. The zero-order valence-corrected chi connectivity index (χ0v) is 44.8. The Morgan fingerprint density at radius 2 is 1.00 bits per heavy atom. The monoisotopic (exact) mass is 1150 g/mol. The summed E-state index contributed by atoms with van der Waals surface area (Å²) in [6, 6.07) is 0. The van der Waals surface area contributed by atoms with Gasteiger partial charge in [0.2, 0.25) is 0 Å². The standard InChI is InChI=1S/C53H84O27/c1-70-33-14-23(4-9-28(33)57)6-12-40(61)73-21-38-43(64)46(67)50(80-52-48(69)45(66)42(63)37(78-52)20-72-39(60)11-5-22-3-8-27(56)30(59)13-22)53(79-38)76-35-18-26-31(74-49(35)24-7-10-29(58)34(15-24)71-2)16-25(55)17-32(26)75-51-47(68)44(65)41(62)36(19-54)77-51/h5-6,11-12,22-38,41-59,62-69H,3-4,7-10,13-21H2,1-2H3/p+1. The van der Waals surface area contributed by atoms with E-state index in [-0.39, 0.29) is 43.4 Å². The van der Waals surface area contributed by atoms with Crippen LogP contribution in [0.2, 0.25) is 0 Å². The summed E-state index contributed by atoms with van der Waals surface area (Å²) in [6.45, 7) is -2.06. The van der Waals surface area contributed by atoms with Crippen molar-refractivity contribution in [2.45, 2.75) is 236 Å². The smallest absolute Gasteiger partial charge is 0.330 e. The fraction of sp³-hybridized carbons (Fsp3) is 0.887. The van der Waals surface area contributed by atoms with E-state index in [1.807, 2.05) is 0 Å². The molecule has 0 bridgehead atoms. The van der Waals surface area contributed by atoms with E-state index in [2.05, 4.69) is 0 Å². The number of fused-ring (bicyclic) bond motifs is 1. The van der Waals surface area contributed by atoms with Gasteiger partial charge in [0.05, 0.1) is 61.4 Å². The molecule has 0 aromatic carbocycles. The van der Waals surface area contributed by atoms with Crippen LogP contribution >= 0.6 is 0 Å². The Morgan fingerprint density at radius 1 is 0.487 bits per heavy atom. The fourth-order valence-corrected chi connectivity index (χ4v) is 12.8. The first kappa shape index (κ1) is 63.5. The van der Waals surface area contributed by atoms with Crippen LogP contribution in [0.15, 0.2) is 24.3 Å². The number of carbonyl (C=O) groups excluding carboxylic acids is 2. The predicted octanol–water partition coefficient (Wildman–Crippen LogP) is -5.29. The Morgan fingerprint density at radius 3 is 1.60 bits per heavy atom. The second-order valence-electron chi connectivity index (χ2n) is 22.9. The van der Waals surface area contributed by atoms with Gasteiger partial charge in [-0.05, 0) is 76.0 Å². The van der Waals surface area contributed by atoms with Gasteiger partial charge in [0.1, 0.15) is 92.6 Å². The van der Waals surface area contributed by atoms with Crippen molar-refractivity contribution in [1.29, 1.82) is 0 Å². The summed E-state index contributed by atoms with van der Waals surface area (Å²) < 4.78 is 64.5. The van der Waals surface area contributed by atoms with Crippen molar-refractivity contribution < 1.29 is 133 Å². The van der Waals surface area contributed by atoms with Gasteiger partial charge in [-0.25, -0.2) is 9.59 Å². The maximum absolute atomic E-state index is 13.2. The quantitative estimate of drug-likeness (QED) is 0.0346. The lowest BCUT2D eigenvalue weighted by atomic mass is 9.72. The number of aliphatic hydroxyl groups is 16. The lowest BCUT2D eigenvalue weighted by Crippen LogP contribution is -2.66. The molecule has 4 saturated heterocycles. The van der Waals surface area contributed by atoms with Crippen molar-refractivity contribution >= 4 is 11.9 Å². The van der Waals surface area contributed by atoms with Crippen LogP contribution in [-0.4, -0.2) is 281 Å². The molecule has 8 fully saturated rings. The van der Waals surface area contributed by atoms with Gasteiger partial charge in [-0.2, -0.15) is 0 Å². The predicted molar refractivity (Wildman–Crippen MR) is 267 cm³/mol. The van der Waals surface area contributed by atoms with E-state index in [0.29, 0.717) is 51.4 Å². The maximum Gasteiger partial charge on any atom is 0.330 e. The van der Waals surface area contributed by atoms with Crippen molar-refractivity contribution in [2.75, 3.05) is 34.0 Å². The molecule has 4 aliphatic heterocycles. The van der Waals surface area contributed by atoms with Crippen LogP contribution in [-0.2, 0) is 57.0 Å². The summed E-state index contributed by atoms with van der Waals surface area (Å²) in [5.41, 5.74) is 0. The molecule has 0 aromatic heterocycles. The van der Waals surface area contributed by atoms with Crippen molar-refractivity contribution in [3.8, 4) is 0 Å². The van der Waals surface area contributed by atoms with Gasteiger partial charge < -0.3 is 124 Å². The average Bonchev–Trinajstić information content (AvgIpc) is 3.57. The van der Waals surface area contributed by atoms with Crippen molar-refractivity contribution in [3.05, 3.63) is 24.3 Å². The summed E-state index contributed by atoms with van der Waals surface area (Å²) >= 11 is 0. The number of allylic oxidation sites excluding steroid dienone is 2. The Hall–Kier alpha value is -2.50. The lowest BCUT2D eigenvalue weighted by molar-refractivity contribution is -0.390. The van der Waals surface area contributed by atoms with E-state index in [9.17, 15) is 81.1 Å². The van der Waals surface area contributed by atoms with E-state index in [1.165, 1.54) is 26.4 Å². The molecule has 8 aliphatic rings. The molecular weight excluding hydrogens is 1070 g/mol. The lowest BCUT2D eigenvalue weighted by Gasteiger charge is -2.51. The third-order valence-electron chi connectivity index (χ3n) is 17.6. The first-order valence-electron chi connectivity index (χ1n) is 28.0. The number of ether oxygens (including phenoxy) is 11.